The maximum absolute atomic E-state index is 13.5. The van der Waals surface area contributed by atoms with Crippen LogP contribution in [0.25, 0.3) is 5.65 Å². The van der Waals surface area contributed by atoms with E-state index in [1.807, 2.05) is 13.8 Å². The van der Waals surface area contributed by atoms with Crippen LogP contribution in [0.5, 0.6) is 23.3 Å². The number of rotatable bonds is 27. The number of ether oxygens (including phenoxy) is 8. The summed E-state index contributed by atoms with van der Waals surface area (Å²) in [7, 11) is -14.4. The number of alkyl halides is 5. The van der Waals surface area contributed by atoms with Gasteiger partial charge in [-0.25, -0.2) is 94.1 Å². The smallest absolute Gasteiger partial charge is 0.420 e. The predicted octanol–water partition coefficient (Wildman–Crippen LogP) is 8.32. The molecule has 0 aliphatic carbocycles. The number of sulfonamides is 5. The lowest BCUT2D eigenvalue weighted by Gasteiger charge is -2.23. The highest BCUT2D eigenvalue weighted by molar-refractivity contribution is 7.93. The summed E-state index contributed by atoms with van der Waals surface area (Å²) in [6.07, 6.45) is -9.65. The van der Waals surface area contributed by atoms with Gasteiger partial charge in [0.25, 0.3) is 58.4 Å². The molecule has 42 nitrogen and oxygen atoms in total. The molecule has 0 unspecified atom stereocenters. The van der Waals surface area contributed by atoms with Crippen LogP contribution in [0, 0.1) is 27.2 Å². The zero-order valence-corrected chi connectivity index (χ0v) is 66.4. The van der Waals surface area contributed by atoms with Crippen molar-refractivity contribution in [1.82, 2.24) is 33.7 Å². The van der Waals surface area contributed by atoms with E-state index in [-0.39, 0.29) is 44.4 Å². The molecule has 2 heterocycles. The fourth-order valence-electron chi connectivity index (χ4n) is 8.83. The molecule has 5 amide bonds. The topological polar surface area (TPSA) is 587 Å². The van der Waals surface area contributed by atoms with Crippen molar-refractivity contribution in [2.45, 2.75) is 70.7 Å². The Morgan fingerprint density at radius 1 is 0.603 bits per heavy atom. The number of nitrogens with two attached hydrogens (primary N) is 2. The first-order valence-electron chi connectivity index (χ1n) is 31.8. The van der Waals surface area contributed by atoms with Crippen LogP contribution in [0.4, 0.5) is 81.2 Å². The maximum atomic E-state index is 13.5. The van der Waals surface area contributed by atoms with Gasteiger partial charge in [-0.3, -0.25) is 30.3 Å². The molecule has 8 aromatic rings. The predicted molar refractivity (Wildman–Crippen MR) is 400 cm³/mol. The molecule has 8 rings (SSSR count). The number of carbonyl (C=O) groups is 5. The van der Waals surface area contributed by atoms with Crippen LogP contribution in [0.3, 0.4) is 0 Å². The van der Waals surface area contributed by atoms with E-state index in [1.165, 1.54) is 105 Å². The summed E-state index contributed by atoms with van der Waals surface area (Å²) < 4.78 is 229. The summed E-state index contributed by atoms with van der Waals surface area (Å²) in [4.78, 5) is 83.3. The monoisotopic (exact) mass is 1760 g/mol. The number of methoxy groups -OCH3 is 6. The van der Waals surface area contributed by atoms with Crippen molar-refractivity contribution in [3.63, 3.8) is 0 Å². The number of aromatic nitrogens is 4. The van der Waals surface area contributed by atoms with Gasteiger partial charge in [-0.2, -0.15) is 27.7 Å². The number of benzene rings is 6. The Labute approximate surface area is 661 Å². The lowest BCUT2D eigenvalue weighted by atomic mass is 10.2. The number of nitrogens with zero attached hydrogens (tertiary/aromatic N) is 7. The van der Waals surface area contributed by atoms with Gasteiger partial charge in [-0.05, 0) is 128 Å². The Bertz CT molecular complexity index is 5360. The number of primary sulfonamides is 1. The minimum atomic E-state index is -5.14. The van der Waals surface area contributed by atoms with E-state index >= 15 is 0 Å². The van der Waals surface area contributed by atoms with Gasteiger partial charge in [0.2, 0.25) is 15.7 Å². The van der Waals surface area contributed by atoms with Gasteiger partial charge in [0, 0.05) is 47.3 Å². The number of nitro groups is 2. The SMILES string of the molecule is CCCN(CCC)c1c([N+](=O)[O-])cc(S(N)(=O)=O)cc1[N+](=O)[O-].COC(=O)NS(=O)(=O)c1ccc(N)cc1.COC(=O)NS(=O)(=O)c1ccc(NC(=O)COc2ccc(Cl)cc2C)cc1.COC(=O)Nc1ccc(S(=O)(=O)NC(=O)OC)cc1.COc1cnc(OC)n2nc(NS(=O)(=O)c3c(OCC(F)F)cccc3C(F)(F)F)nc12. The first kappa shape index (κ1) is 95.8. The third-order valence-corrected chi connectivity index (χ3v) is 20.4. The number of nitro benzene ring substituents is 2. The average Bonchev–Trinajstić information content (AvgIpc) is 1.65. The van der Waals surface area contributed by atoms with E-state index in [9.17, 15) is 108 Å². The second-order valence-corrected chi connectivity index (χ2v) is 30.7. The minimum Gasteiger partial charge on any atom is -0.491 e. The first-order valence-corrected chi connectivity index (χ1v) is 39.7. The van der Waals surface area contributed by atoms with Crippen LogP contribution in [0.2, 0.25) is 5.02 Å². The van der Waals surface area contributed by atoms with E-state index in [0.29, 0.717) is 59.8 Å². The normalized spacial score (nSPS) is 11.2. The van der Waals surface area contributed by atoms with Crippen LogP contribution in [-0.4, -0.2) is 177 Å². The Morgan fingerprint density at radius 2 is 1.07 bits per heavy atom. The highest BCUT2D eigenvalue weighted by Crippen LogP contribution is 2.42. The Hall–Kier alpha value is -12.5. The zero-order chi connectivity index (χ0) is 87.4. The number of nitrogens with one attached hydrogen (secondary N) is 6. The zero-order valence-electron chi connectivity index (χ0n) is 61.6. The van der Waals surface area contributed by atoms with Crippen molar-refractivity contribution in [3.05, 3.63) is 164 Å². The number of hydrogen-bond acceptors (Lipinski definition) is 32. The maximum Gasteiger partial charge on any atom is 0.420 e. The van der Waals surface area contributed by atoms with Gasteiger partial charge in [0.05, 0.1) is 83.8 Å². The summed E-state index contributed by atoms with van der Waals surface area (Å²) in [5, 5.41) is 36.9. The number of anilines is 5. The van der Waals surface area contributed by atoms with Gasteiger partial charge in [0.15, 0.2) is 18.0 Å². The number of hydrogen-bond donors (Lipinski definition) is 8. The van der Waals surface area contributed by atoms with E-state index in [2.05, 4.69) is 49.4 Å². The standard InChI is InChI=1S/C17H17ClN2O6S.C16H14F5N5O5S.C12H18N4O6S.C10H12N2O6S.C8H10N2O4S/c1-11-9-12(18)3-8-15(11)26-10-16(21)19-13-4-6-14(7-5-13)27(23,24)20-17(22)25-2;1-29-10-6-22-15(30-2)26-13(10)23-14(24-26)25-32(27,28)12-8(16(19,20)21)4-3-5-9(12)31-7-11(17)18;1-3-5-14(6-4-2)12-10(15(17)18)7-9(23(13,21)22)8-11(12)16(19)20;1-17-9(13)11-7-3-5-8(6-4-7)19(15,16)12-10(14)18-2;1-14-8(11)10-15(12,13)7-4-2-6(9)3-5-7/h3-9H,10H2,1-2H3,(H,19,21)(H,20,22);3-6,11H,7H2,1-2H3,(H,24,25);7-8H,3-6H2,1-2H3,(H2,13,21,22);3-6H,1-2H3,(H,11,13)(H,12,14);2-5H,9H2,1H3,(H,10,11). The van der Waals surface area contributed by atoms with E-state index in [1.54, 1.807) is 44.0 Å². The van der Waals surface area contributed by atoms with Crippen LogP contribution in [-0.2, 0) is 80.0 Å². The molecule has 0 fully saturated rings. The molecule has 6 aromatic carbocycles. The van der Waals surface area contributed by atoms with Crippen LogP contribution < -0.4 is 64.2 Å². The molecule has 116 heavy (non-hydrogen) atoms. The summed E-state index contributed by atoms with van der Waals surface area (Å²) in [5.74, 6) is -1.42. The van der Waals surface area contributed by atoms with Crippen molar-refractivity contribution in [3.8, 4) is 23.3 Å². The van der Waals surface area contributed by atoms with Gasteiger partial charge >= 0.3 is 47.9 Å². The van der Waals surface area contributed by atoms with Crippen LogP contribution in [0.1, 0.15) is 37.8 Å². The van der Waals surface area contributed by atoms with Crippen molar-refractivity contribution < 1.29 is 136 Å². The van der Waals surface area contributed by atoms with Gasteiger partial charge < -0.3 is 53.8 Å². The molecule has 0 spiro atoms. The fraction of sp³-hybridized carbons (Fsp3) is 0.270. The molecule has 2 aromatic heterocycles. The molecular weight excluding hydrogens is 1690 g/mol. The summed E-state index contributed by atoms with van der Waals surface area (Å²) in [6.45, 7) is 4.65. The van der Waals surface area contributed by atoms with Gasteiger partial charge in [0.1, 0.15) is 23.0 Å². The molecule has 0 atom stereocenters. The van der Waals surface area contributed by atoms with Crippen LogP contribution in [0.15, 0.2) is 152 Å². The molecule has 0 aliphatic heterocycles. The molecule has 0 saturated heterocycles. The highest BCUT2D eigenvalue weighted by atomic mass is 35.5. The molecule has 0 saturated carbocycles. The molecule has 0 bridgehead atoms. The number of halogens is 6. The number of carbonyl (C=O) groups excluding carboxylic acids is 5. The third kappa shape index (κ3) is 28.5. The number of nitrogen functional groups attached to an aromatic ring is 1. The molecule has 0 radical (unpaired) electrons. The number of fused-ring (bicyclic) bond motifs is 1. The molecule has 0 aliphatic rings. The summed E-state index contributed by atoms with van der Waals surface area (Å²) >= 11 is 5.86. The van der Waals surface area contributed by atoms with Crippen molar-refractivity contribution in [2.75, 3.05) is 95.0 Å². The van der Waals surface area contributed by atoms with Gasteiger partial charge in [-0.1, -0.05) is 31.5 Å². The third-order valence-electron chi connectivity index (χ3n) is 13.9. The lowest BCUT2D eigenvalue weighted by Crippen LogP contribution is -2.30. The molecule has 53 heteroatoms. The van der Waals surface area contributed by atoms with Gasteiger partial charge in [-0.15, -0.1) is 5.10 Å². The quantitative estimate of drug-likeness (QED) is 0.00788. The largest absolute Gasteiger partial charge is 0.491 e. The second kappa shape index (κ2) is 42.5. The van der Waals surface area contributed by atoms with E-state index < -0.39 is 148 Å². The van der Waals surface area contributed by atoms with Crippen molar-refractivity contribution in [1.29, 1.82) is 0 Å². The average molecular weight is 1760 g/mol. The molecule has 632 valence electrons. The Balaban J connectivity index is 0.000000312. The Morgan fingerprint density at radius 3 is 1.47 bits per heavy atom. The van der Waals surface area contributed by atoms with Crippen LogP contribution >= 0.6 is 11.6 Å². The van der Waals surface area contributed by atoms with Crippen molar-refractivity contribution >= 4 is 138 Å². The Kier molecular flexibility index (Phi) is 35.2. The highest BCUT2D eigenvalue weighted by Gasteiger charge is 2.41. The van der Waals surface area contributed by atoms with E-state index in [4.69, 9.17) is 36.7 Å². The summed E-state index contributed by atoms with van der Waals surface area (Å²) in [6, 6.07) is 24.4. The fourth-order valence-corrected chi connectivity index (χ4v) is 13.6. The minimum absolute atomic E-state index is 0.0536. The second-order valence-electron chi connectivity index (χ2n) is 22.1. The van der Waals surface area contributed by atoms with Crippen molar-refractivity contribution in [2.24, 2.45) is 5.14 Å². The molecular formula is C63H71ClF5N15O27S5. The first-order chi connectivity index (χ1) is 54.1. The van der Waals surface area contributed by atoms with E-state index in [0.717, 1.165) is 55.7 Å². The lowest BCUT2D eigenvalue weighted by molar-refractivity contribution is -0.393. The number of amides is 5. The molecule has 10 N–H and O–H groups in total. The number of aryl methyl sites for hydroxylation is 1. The summed E-state index contributed by atoms with van der Waals surface area (Å²) in [5.41, 5.74) is 4.16.